The number of ether oxygens (including phenoxy) is 4. The molecule has 0 saturated heterocycles. The molecule has 25 heteroatoms. The zero-order valence-electron chi connectivity index (χ0n) is 52.6. The average molecular weight is 1250 g/mol. The van der Waals surface area contributed by atoms with E-state index in [-0.39, 0.29) is 84.8 Å². The summed E-state index contributed by atoms with van der Waals surface area (Å²) in [7, 11) is -10.4. The second-order valence-corrected chi connectivity index (χ2v) is 23.9. The molecular formula is C58H112N2Na2O19P2. The number of esters is 4. The van der Waals surface area contributed by atoms with Crippen molar-refractivity contribution in [1.29, 1.82) is 0 Å². The number of carbonyl (C=O) groups excluding carboxylic acids is 5. The Morgan fingerprint density at radius 2 is 0.590 bits per heavy atom. The number of nitrogens with two attached hydrogens (primary N) is 1. The number of hydrogen-bond donors (Lipinski definition) is 4. The molecule has 0 aliphatic heterocycles. The van der Waals surface area contributed by atoms with E-state index >= 15 is 0 Å². The van der Waals surface area contributed by atoms with Crippen molar-refractivity contribution in [2.75, 3.05) is 39.6 Å². The van der Waals surface area contributed by atoms with Gasteiger partial charge in [-0.05, 0) is 25.7 Å². The molecule has 0 rings (SSSR count). The first-order valence-electron chi connectivity index (χ1n) is 31.2. The Hall–Kier alpha value is -0.710. The van der Waals surface area contributed by atoms with E-state index < -0.39 is 104 Å². The Morgan fingerprint density at radius 1 is 0.386 bits per heavy atom. The number of aliphatic hydroxyl groups excluding tert-OH is 1. The number of nitrogens with one attached hydrogen (secondary N) is 1. The Balaban J connectivity index is -0.00000425. The van der Waals surface area contributed by atoms with E-state index in [4.69, 9.17) is 42.2 Å². The maximum Gasteiger partial charge on any atom is 1.00 e. The largest absolute Gasteiger partial charge is 1.00 e. The molecule has 21 nitrogen and oxygen atoms in total. The minimum Gasteiger partial charge on any atom is -0.756 e. The van der Waals surface area contributed by atoms with Crippen LogP contribution in [0.25, 0.3) is 0 Å². The minimum absolute atomic E-state index is 0. The van der Waals surface area contributed by atoms with Gasteiger partial charge in [-0.15, -0.1) is 0 Å². The molecule has 83 heavy (non-hydrogen) atoms. The van der Waals surface area contributed by atoms with E-state index in [0.29, 0.717) is 25.7 Å². The van der Waals surface area contributed by atoms with Crippen LogP contribution in [0.1, 0.15) is 285 Å². The third-order valence-corrected chi connectivity index (χ3v) is 15.1. The molecule has 0 aliphatic carbocycles. The predicted octanol–water partition coefficient (Wildman–Crippen LogP) is 7.00. The van der Waals surface area contributed by atoms with Gasteiger partial charge >= 0.3 is 89.0 Å². The number of aliphatic hydroxyl groups is 1. The average Bonchev–Trinajstić information content (AvgIpc) is 3.46. The summed E-state index contributed by atoms with van der Waals surface area (Å²) in [6.45, 7) is 4.36. The summed E-state index contributed by atoms with van der Waals surface area (Å²) in [4.78, 5) is 85.5. The SMILES string of the molecule is CCCCCCCCCCCC(=O)OCC(COP(=O)([O-])OCC(O)COP(=O)([O-])OCC(COC(=O)CCCCCCCCCCC)OC(=O)CCCCCCCCCCC)OC(=O)CCCCCCCCCCC.NC(=O)NO.[Na+].[Na+]. The monoisotopic (exact) mass is 1250 g/mol. The summed E-state index contributed by atoms with van der Waals surface area (Å²) < 4.78 is 66.7. The van der Waals surface area contributed by atoms with Gasteiger partial charge in [0.2, 0.25) is 0 Å². The van der Waals surface area contributed by atoms with Crippen LogP contribution in [-0.4, -0.2) is 98.2 Å². The molecule has 0 aliphatic rings. The summed E-state index contributed by atoms with van der Waals surface area (Å²) in [6.07, 6.45) is 34.2. The van der Waals surface area contributed by atoms with Crippen LogP contribution >= 0.6 is 15.6 Å². The number of phosphoric acid groups is 2. The minimum atomic E-state index is -5.20. The maximum atomic E-state index is 12.8. The summed E-state index contributed by atoms with van der Waals surface area (Å²) in [5.74, 6) is -2.24. The molecule has 0 spiro atoms. The first-order chi connectivity index (χ1) is 38.9. The smallest absolute Gasteiger partial charge is 0.756 e. The fourth-order valence-electron chi connectivity index (χ4n) is 8.38. The topological polar surface area (TPSA) is 318 Å². The number of carbonyl (C=O) groups is 5. The number of phosphoric ester groups is 2. The summed E-state index contributed by atoms with van der Waals surface area (Å²) in [6, 6.07) is -0.940. The van der Waals surface area contributed by atoms with Gasteiger partial charge in [-0.1, -0.05) is 233 Å². The fraction of sp³-hybridized carbons (Fsp3) is 0.914. The molecule has 0 bridgehead atoms. The summed E-state index contributed by atoms with van der Waals surface area (Å²) in [5, 5.41) is 17.8. The van der Waals surface area contributed by atoms with Crippen LogP contribution in [0.4, 0.5) is 4.79 Å². The van der Waals surface area contributed by atoms with E-state index in [1.54, 1.807) is 0 Å². The molecular weight excluding hydrogens is 1140 g/mol. The third-order valence-electron chi connectivity index (χ3n) is 13.2. The van der Waals surface area contributed by atoms with E-state index in [1.165, 1.54) is 108 Å². The molecule has 480 valence electrons. The van der Waals surface area contributed by atoms with Crippen LogP contribution in [0.15, 0.2) is 0 Å². The number of primary amides is 1. The van der Waals surface area contributed by atoms with Crippen LogP contribution in [0.5, 0.6) is 0 Å². The fourth-order valence-corrected chi connectivity index (χ4v) is 9.94. The molecule has 0 heterocycles. The van der Waals surface area contributed by atoms with Crippen molar-refractivity contribution in [2.24, 2.45) is 5.73 Å². The predicted molar refractivity (Wildman–Crippen MR) is 309 cm³/mol. The molecule has 0 saturated carbocycles. The van der Waals surface area contributed by atoms with Gasteiger partial charge in [0.15, 0.2) is 12.2 Å². The van der Waals surface area contributed by atoms with Crippen LogP contribution < -0.4 is 80.1 Å². The van der Waals surface area contributed by atoms with Crippen LogP contribution in [0.3, 0.4) is 0 Å². The van der Waals surface area contributed by atoms with E-state index in [9.17, 15) is 48.0 Å². The number of hydrogen-bond acceptors (Lipinski definition) is 19. The standard InChI is InChI=1S/C57H110O17P2.CH4N2O2.2Na/c1-5-9-13-17-21-25-29-33-37-41-54(59)67-47-52(73-56(61)43-39-35-31-27-23-19-15-11-7-3)49-71-75(63,64)69-45-51(58)46-70-76(65,66)72-50-53(74-57(62)44-40-36-32-28-24-20-16-12-8-4)48-68-55(60)42-38-34-30-26-22-18-14-10-6-2;2-1(4)3-5;;/h51-53,58H,5-50H2,1-4H3,(H,63,64)(H,65,66);5H,(H3,2,3,4);;/q;;2*+1/p-2. The Kier molecular flexibility index (Phi) is 68.7. The molecule has 0 aromatic carbocycles. The Labute approximate surface area is 544 Å². The molecule has 4 unspecified atom stereocenters. The maximum absolute atomic E-state index is 12.8. The van der Waals surface area contributed by atoms with E-state index in [1.807, 2.05) is 0 Å². The number of rotatable bonds is 58. The molecule has 0 radical (unpaired) electrons. The molecule has 0 fully saturated rings. The van der Waals surface area contributed by atoms with Gasteiger partial charge in [0.05, 0.1) is 26.4 Å². The van der Waals surface area contributed by atoms with Gasteiger partial charge in [-0.3, -0.25) is 33.5 Å². The first-order valence-corrected chi connectivity index (χ1v) is 34.1. The van der Waals surface area contributed by atoms with Gasteiger partial charge in [-0.2, -0.15) is 0 Å². The molecule has 0 aromatic rings. The molecule has 0 aromatic heterocycles. The van der Waals surface area contributed by atoms with Crippen molar-refractivity contribution in [1.82, 2.24) is 5.48 Å². The van der Waals surface area contributed by atoms with Gasteiger partial charge < -0.3 is 57.7 Å². The van der Waals surface area contributed by atoms with Gasteiger partial charge in [0.1, 0.15) is 19.3 Å². The number of amides is 2. The van der Waals surface area contributed by atoms with Crippen molar-refractivity contribution in [3.05, 3.63) is 0 Å². The number of hydroxylamine groups is 1. The normalized spacial score (nSPS) is 13.5. The zero-order chi connectivity index (χ0) is 60.5. The van der Waals surface area contributed by atoms with Crippen molar-refractivity contribution in [3.8, 4) is 0 Å². The Bertz CT molecular complexity index is 1520. The van der Waals surface area contributed by atoms with Crippen molar-refractivity contribution >= 4 is 45.6 Å². The van der Waals surface area contributed by atoms with E-state index in [2.05, 4.69) is 33.4 Å². The van der Waals surface area contributed by atoms with Crippen LogP contribution in [0.2, 0.25) is 0 Å². The number of urea groups is 1. The van der Waals surface area contributed by atoms with Crippen LogP contribution in [-0.2, 0) is 65.4 Å². The van der Waals surface area contributed by atoms with Crippen molar-refractivity contribution < 1.29 is 149 Å². The Morgan fingerprint density at radius 3 is 0.819 bits per heavy atom. The van der Waals surface area contributed by atoms with Gasteiger partial charge in [0.25, 0.3) is 15.6 Å². The van der Waals surface area contributed by atoms with Crippen molar-refractivity contribution in [2.45, 2.75) is 303 Å². The van der Waals surface area contributed by atoms with Gasteiger partial charge in [-0.25, -0.2) is 10.3 Å². The third kappa shape index (κ3) is 67.1. The van der Waals surface area contributed by atoms with Gasteiger partial charge in [0, 0.05) is 25.7 Å². The quantitative estimate of drug-likeness (QED) is 0.00906. The summed E-state index contributed by atoms with van der Waals surface area (Å²) >= 11 is 0. The van der Waals surface area contributed by atoms with Crippen molar-refractivity contribution in [3.63, 3.8) is 0 Å². The van der Waals surface area contributed by atoms with Crippen LogP contribution in [0, 0.1) is 0 Å². The second-order valence-electron chi connectivity index (χ2n) is 21.1. The number of unbranched alkanes of at least 4 members (excludes halogenated alkanes) is 32. The first kappa shape index (κ1) is 88.7. The summed E-state index contributed by atoms with van der Waals surface area (Å²) in [5.41, 5.74) is 5.46. The molecule has 5 N–H and O–H groups in total. The molecule has 4 atom stereocenters. The second kappa shape index (κ2) is 64.3. The zero-order valence-corrected chi connectivity index (χ0v) is 58.4. The van der Waals surface area contributed by atoms with E-state index in [0.717, 1.165) is 103 Å². The molecule has 2 amide bonds.